The maximum Gasteiger partial charge on any atom is 0.319 e. The number of para-hydroxylation sites is 1. The van der Waals surface area contributed by atoms with Gasteiger partial charge in [0, 0.05) is 18.8 Å². The van der Waals surface area contributed by atoms with Crippen LogP contribution in [0, 0.1) is 6.92 Å². The number of nitrogens with zero attached hydrogens (tertiary/aromatic N) is 3. The summed E-state index contributed by atoms with van der Waals surface area (Å²) in [5.41, 5.74) is 2.07. The molecule has 1 aromatic carbocycles. The van der Waals surface area contributed by atoms with Gasteiger partial charge in [-0.2, -0.15) is 9.97 Å². The van der Waals surface area contributed by atoms with Crippen molar-refractivity contribution in [2.24, 2.45) is 0 Å². The Balaban J connectivity index is 2.22. The summed E-state index contributed by atoms with van der Waals surface area (Å²) in [7, 11) is 1.86. The quantitative estimate of drug-likeness (QED) is 0.824. The number of ether oxygens (including phenoxy) is 1. The van der Waals surface area contributed by atoms with Gasteiger partial charge in [0.05, 0.1) is 6.42 Å². The molecule has 22 heavy (non-hydrogen) atoms. The monoisotopic (exact) mass is 321 g/mol. The van der Waals surface area contributed by atoms with Crippen LogP contribution in [0.1, 0.15) is 12.0 Å². The molecule has 116 valence electrons. The summed E-state index contributed by atoms with van der Waals surface area (Å²) in [6, 6.07) is 9.54. The second kappa shape index (κ2) is 7.09. The second-order valence-corrected chi connectivity index (χ2v) is 5.06. The molecule has 0 unspecified atom stereocenters. The predicted molar refractivity (Wildman–Crippen MR) is 84.0 cm³/mol. The van der Waals surface area contributed by atoms with Gasteiger partial charge in [0.2, 0.25) is 0 Å². The normalized spacial score (nSPS) is 10.3. The van der Waals surface area contributed by atoms with Gasteiger partial charge < -0.3 is 14.7 Å². The summed E-state index contributed by atoms with van der Waals surface area (Å²) in [6.45, 7) is 1.99. The van der Waals surface area contributed by atoms with Gasteiger partial charge in [-0.1, -0.05) is 29.8 Å². The number of carboxylic acids is 1. The molecule has 0 fully saturated rings. The molecule has 0 aliphatic rings. The van der Waals surface area contributed by atoms with E-state index in [9.17, 15) is 4.79 Å². The molecule has 0 bridgehead atoms. The van der Waals surface area contributed by atoms with Gasteiger partial charge in [0.25, 0.3) is 0 Å². The molecule has 0 saturated carbocycles. The van der Waals surface area contributed by atoms with Crippen LogP contribution in [0.4, 0.5) is 11.5 Å². The lowest BCUT2D eigenvalue weighted by Gasteiger charge is -2.20. The van der Waals surface area contributed by atoms with E-state index in [4.69, 9.17) is 21.4 Å². The number of anilines is 2. The minimum Gasteiger partial charge on any atom is -0.481 e. The zero-order chi connectivity index (χ0) is 16.1. The molecule has 2 rings (SSSR count). The largest absolute Gasteiger partial charge is 0.481 e. The maximum absolute atomic E-state index is 10.5. The number of benzene rings is 1. The van der Waals surface area contributed by atoms with E-state index in [1.165, 1.54) is 0 Å². The van der Waals surface area contributed by atoms with E-state index in [0.717, 1.165) is 11.3 Å². The summed E-state index contributed by atoms with van der Waals surface area (Å²) in [5.74, 6) is -0.376. The fraction of sp³-hybridized carbons (Fsp3) is 0.267. The van der Waals surface area contributed by atoms with Crippen LogP contribution in [0.3, 0.4) is 0 Å². The van der Waals surface area contributed by atoms with E-state index in [0.29, 0.717) is 5.82 Å². The van der Waals surface area contributed by atoms with Crippen LogP contribution in [0.15, 0.2) is 30.3 Å². The highest BCUT2D eigenvalue weighted by molar-refractivity contribution is 6.29. The average molecular weight is 322 g/mol. The van der Waals surface area contributed by atoms with Crippen molar-refractivity contribution in [3.05, 3.63) is 41.0 Å². The molecule has 0 saturated heterocycles. The minimum absolute atomic E-state index is 0.0107. The fourth-order valence-electron chi connectivity index (χ4n) is 1.91. The van der Waals surface area contributed by atoms with E-state index in [2.05, 4.69) is 9.97 Å². The Morgan fingerprint density at radius 3 is 2.77 bits per heavy atom. The molecule has 6 nitrogen and oxygen atoms in total. The van der Waals surface area contributed by atoms with Crippen LogP contribution in [-0.2, 0) is 4.79 Å². The maximum atomic E-state index is 10.5. The summed E-state index contributed by atoms with van der Waals surface area (Å²) < 4.78 is 5.24. The molecule has 1 N–H and O–H groups in total. The lowest BCUT2D eigenvalue weighted by Crippen LogP contribution is -2.14. The number of aromatic nitrogens is 2. The molecule has 1 heterocycles. The third kappa shape index (κ3) is 4.08. The Hall–Kier alpha value is -2.34. The number of rotatable bonds is 6. The SMILES string of the molecule is Cc1ccccc1N(C)c1cc(Cl)nc(OCCC(=O)O)n1. The highest BCUT2D eigenvalue weighted by Crippen LogP contribution is 2.27. The van der Waals surface area contributed by atoms with Gasteiger partial charge in [-0.15, -0.1) is 0 Å². The predicted octanol–water partition coefficient (Wildman–Crippen LogP) is 3.06. The third-order valence-corrected chi connectivity index (χ3v) is 3.22. The number of hydrogen-bond acceptors (Lipinski definition) is 5. The lowest BCUT2D eigenvalue weighted by atomic mass is 10.2. The van der Waals surface area contributed by atoms with Crippen molar-refractivity contribution in [2.45, 2.75) is 13.3 Å². The van der Waals surface area contributed by atoms with Crippen LogP contribution in [0.2, 0.25) is 5.15 Å². The lowest BCUT2D eigenvalue weighted by molar-refractivity contribution is -0.137. The number of aryl methyl sites for hydroxylation is 1. The number of carbonyl (C=O) groups is 1. The molecule has 0 amide bonds. The van der Waals surface area contributed by atoms with Crippen LogP contribution in [0.5, 0.6) is 6.01 Å². The fourth-order valence-corrected chi connectivity index (χ4v) is 2.08. The zero-order valence-electron chi connectivity index (χ0n) is 12.3. The Labute approximate surface area is 133 Å². The van der Waals surface area contributed by atoms with E-state index in [1.807, 2.05) is 43.1 Å². The van der Waals surface area contributed by atoms with Crippen LogP contribution in [0.25, 0.3) is 0 Å². The first-order valence-corrected chi connectivity index (χ1v) is 7.03. The Morgan fingerprint density at radius 2 is 2.09 bits per heavy atom. The molecular weight excluding hydrogens is 306 g/mol. The molecule has 1 aromatic heterocycles. The number of carboxylic acid groups (broad SMARTS) is 1. The molecule has 7 heteroatoms. The van der Waals surface area contributed by atoms with E-state index in [-0.39, 0.29) is 24.2 Å². The van der Waals surface area contributed by atoms with Gasteiger partial charge in [0.1, 0.15) is 17.6 Å². The van der Waals surface area contributed by atoms with Gasteiger partial charge in [-0.25, -0.2) is 0 Å². The van der Waals surface area contributed by atoms with Gasteiger partial charge in [-0.05, 0) is 18.6 Å². The van der Waals surface area contributed by atoms with E-state index in [1.54, 1.807) is 6.07 Å². The summed E-state index contributed by atoms with van der Waals surface area (Å²) >= 11 is 5.99. The first kappa shape index (κ1) is 16.0. The average Bonchev–Trinajstić information content (AvgIpc) is 2.46. The summed E-state index contributed by atoms with van der Waals surface area (Å²) in [4.78, 5) is 20.6. The molecular formula is C15H16ClN3O3. The summed E-state index contributed by atoms with van der Waals surface area (Å²) in [5, 5.41) is 8.85. The van der Waals surface area contributed by atoms with E-state index < -0.39 is 5.97 Å². The smallest absolute Gasteiger partial charge is 0.319 e. The van der Waals surface area contributed by atoms with Crippen LogP contribution < -0.4 is 9.64 Å². The van der Waals surface area contributed by atoms with Gasteiger partial charge >= 0.3 is 12.0 Å². The van der Waals surface area contributed by atoms with Gasteiger partial charge in [-0.3, -0.25) is 4.79 Å². The van der Waals surface area contributed by atoms with Crippen molar-refractivity contribution < 1.29 is 14.6 Å². The minimum atomic E-state index is -0.945. The molecule has 0 atom stereocenters. The molecule has 0 aliphatic carbocycles. The molecule has 0 radical (unpaired) electrons. The zero-order valence-corrected chi connectivity index (χ0v) is 13.0. The van der Waals surface area contributed by atoms with Crippen LogP contribution >= 0.6 is 11.6 Å². The molecule has 0 spiro atoms. The Kier molecular flexibility index (Phi) is 5.16. The van der Waals surface area contributed by atoms with Crippen molar-refractivity contribution in [1.82, 2.24) is 9.97 Å². The third-order valence-electron chi connectivity index (χ3n) is 3.03. The second-order valence-electron chi connectivity index (χ2n) is 4.67. The number of hydrogen-bond donors (Lipinski definition) is 1. The van der Waals surface area contributed by atoms with Crippen molar-refractivity contribution in [3.8, 4) is 6.01 Å². The number of aliphatic carboxylic acids is 1. The van der Waals surface area contributed by atoms with Crippen molar-refractivity contribution in [2.75, 3.05) is 18.6 Å². The first-order chi connectivity index (χ1) is 10.5. The van der Waals surface area contributed by atoms with Crippen molar-refractivity contribution in [3.63, 3.8) is 0 Å². The number of halogens is 1. The van der Waals surface area contributed by atoms with Crippen molar-refractivity contribution in [1.29, 1.82) is 0 Å². The van der Waals surface area contributed by atoms with Gasteiger partial charge in [0.15, 0.2) is 0 Å². The van der Waals surface area contributed by atoms with E-state index >= 15 is 0 Å². The highest BCUT2D eigenvalue weighted by Gasteiger charge is 2.12. The molecule has 2 aromatic rings. The summed E-state index contributed by atoms with van der Waals surface area (Å²) in [6.07, 6.45) is -0.126. The molecule has 0 aliphatic heterocycles. The Bertz CT molecular complexity index is 679. The van der Waals surface area contributed by atoms with Crippen molar-refractivity contribution >= 4 is 29.1 Å². The topological polar surface area (TPSA) is 75.6 Å². The Morgan fingerprint density at radius 1 is 1.36 bits per heavy atom. The first-order valence-electron chi connectivity index (χ1n) is 6.66. The standard InChI is InChI=1S/C15H16ClN3O3/c1-10-5-3-4-6-11(10)19(2)13-9-12(16)17-15(18-13)22-8-7-14(20)21/h3-6,9H,7-8H2,1-2H3,(H,20,21). The highest BCUT2D eigenvalue weighted by atomic mass is 35.5. The van der Waals surface area contributed by atoms with Crippen LogP contribution in [-0.4, -0.2) is 34.7 Å².